The van der Waals surface area contributed by atoms with Gasteiger partial charge in [0.05, 0.1) is 5.92 Å². The number of halogens is 2. The van der Waals surface area contributed by atoms with Crippen LogP contribution in [0.4, 0.5) is 10.1 Å². The van der Waals surface area contributed by atoms with E-state index in [9.17, 15) is 14.0 Å². The zero-order valence-corrected chi connectivity index (χ0v) is 18.9. The Morgan fingerprint density at radius 3 is 2.79 bits per heavy atom. The number of carbonyl (C=O) groups excluding carboxylic acids is 2. The number of hydrogen-bond acceptors (Lipinski definition) is 5. The molecule has 1 amide bonds. The number of ketones is 1. The Bertz CT molecular complexity index is 1270. The molecule has 3 aromatic rings. The van der Waals surface area contributed by atoms with Crippen LogP contribution in [0.5, 0.6) is 0 Å². The van der Waals surface area contributed by atoms with Crippen molar-refractivity contribution in [2.45, 2.75) is 17.5 Å². The van der Waals surface area contributed by atoms with E-state index in [0.717, 1.165) is 11.3 Å². The molecule has 3 aliphatic heterocycles. The van der Waals surface area contributed by atoms with Crippen LogP contribution in [0.15, 0.2) is 67.0 Å². The van der Waals surface area contributed by atoms with Crippen LogP contribution in [0.1, 0.15) is 27.4 Å². The Kier molecular flexibility index (Phi) is 4.83. The number of hydrogen-bond donors (Lipinski definition) is 1. The second-order valence-electron chi connectivity index (χ2n) is 8.61. The number of amides is 1. The molecule has 2 saturated heterocycles. The van der Waals surface area contributed by atoms with Gasteiger partial charge in [-0.1, -0.05) is 23.7 Å². The Morgan fingerprint density at radius 1 is 1.21 bits per heavy atom. The quantitative estimate of drug-likeness (QED) is 0.552. The maximum atomic E-state index is 14.5. The van der Waals surface area contributed by atoms with Gasteiger partial charge < -0.3 is 5.32 Å². The normalized spacial score (nSPS) is 28.1. The summed E-state index contributed by atoms with van der Waals surface area (Å²) in [6.45, 7) is 0. The summed E-state index contributed by atoms with van der Waals surface area (Å²) >= 11 is 7.88. The van der Waals surface area contributed by atoms with Crippen molar-refractivity contribution in [3.8, 4) is 0 Å². The minimum Gasteiger partial charge on any atom is -0.324 e. The lowest BCUT2D eigenvalue weighted by atomic mass is 9.69. The number of Topliss-reactive ketones (excluding diaryl/α,β-unsaturated/α-hetero) is 1. The number of pyridine rings is 1. The molecule has 4 unspecified atom stereocenters. The van der Waals surface area contributed by atoms with Crippen molar-refractivity contribution in [1.82, 2.24) is 9.88 Å². The van der Waals surface area contributed by atoms with Crippen molar-refractivity contribution < 1.29 is 14.0 Å². The van der Waals surface area contributed by atoms with Gasteiger partial charge in [0.15, 0.2) is 5.78 Å². The van der Waals surface area contributed by atoms with Crippen molar-refractivity contribution in [3.63, 3.8) is 0 Å². The topological polar surface area (TPSA) is 62.3 Å². The predicted molar refractivity (Wildman–Crippen MR) is 126 cm³/mol. The maximum Gasteiger partial charge on any atom is 0.250 e. The molecular weight excluding hydrogens is 461 g/mol. The lowest BCUT2D eigenvalue weighted by Crippen LogP contribution is -2.52. The monoisotopic (exact) mass is 479 g/mol. The molecule has 4 atom stereocenters. The van der Waals surface area contributed by atoms with Crippen molar-refractivity contribution in [1.29, 1.82) is 0 Å². The fraction of sp³-hybridized carbons (Fsp3) is 0.240. The van der Waals surface area contributed by atoms with Crippen LogP contribution in [0.2, 0.25) is 5.02 Å². The number of aromatic nitrogens is 1. The van der Waals surface area contributed by atoms with E-state index < -0.39 is 17.3 Å². The lowest BCUT2D eigenvalue weighted by Gasteiger charge is -2.36. The predicted octanol–water partition coefficient (Wildman–Crippen LogP) is 4.69. The third-order valence-electron chi connectivity index (χ3n) is 7.07. The molecule has 0 saturated carbocycles. The summed E-state index contributed by atoms with van der Waals surface area (Å²) in [5, 5.41) is 3.54. The Morgan fingerprint density at radius 2 is 2.03 bits per heavy atom. The van der Waals surface area contributed by atoms with E-state index in [1.54, 1.807) is 36.2 Å². The van der Waals surface area contributed by atoms with E-state index in [-0.39, 0.29) is 23.7 Å². The number of rotatable bonds is 3. The van der Waals surface area contributed by atoms with Crippen molar-refractivity contribution in [2.75, 3.05) is 16.9 Å². The molecule has 1 spiro atoms. The molecule has 8 heteroatoms. The molecule has 0 bridgehead atoms. The zero-order valence-electron chi connectivity index (χ0n) is 17.4. The third kappa shape index (κ3) is 2.92. The summed E-state index contributed by atoms with van der Waals surface area (Å²) in [4.78, 5) is 34.2. The van der Waals surface area contributed by atoms with Gasteiger partial charge in [-0.25, -0.2) is 4.39 Å². The first-order valence-corrected chi connectivity index (χ1v) is 12.2. The average molecular weight is 480 g/mol. The van der Waals surface area contributed by atoms with Gasteiger partial charge in [-0.05, 0) is 48.0 Å². The van der Waals surface area contributed by atoms with E-state index in [4.69, 9.17) is 11.6 Å². The fourth-order valence-electron chi connectivity index (χ4n) is 5.79. The highest BCUT2D eigenvalue weighted by atomic mass is 35.5. The number of carbonyl (C=O) groups is 2. The number of thioether (sulfide) groups is 1. The number of fused-ring (bicyclic) bond motifs is 4. The Labute approximate surface area is 199 Å². The number of nitrogens with one attached hydrogen (secondary N) is 1. The standard InChI is InChI=1S/C25H19ClFN3O2S/c26-16-5-3-14(4-6-16)21-20-12-33-13-30(20)25(22(21)23(31)15-2-1-9-28-11-15)18-10-17(27)7-8-19(18)29-24(25)32/h1-11,20-22H,12-13H2,(H,29,32). The average Bonchev–Trinajstić information content (AvgIpc) is 3.48. The first-order chi connectivity index (χ1) is 16.0. The minimum absolute atomic E-state index is 0.0678. The summed E-state index contributed by atoms with van der Waals surface area (Å²) < 4.78 is 14.5. The Balaban J connectivity index is 1.63. The second-order valence-corrected chi connectivity index (χ2v) is 10.0. The number of nitrogens with zero attached hydrogens (tertiary/aromatic N) is 2. The zero-order chi connectivity index (χ0) is 22.7. The second kappa shape index (κ2) is 7.65. The van der Waals surface area contributed by atoms with Gasteiger partial charge in [-0.3, -0.25) is 19.5 Å². The highest BCUT2D eigenvalue weighted by molar-refractivity contribution is 7.99. The minimum atomic E-state index is -1.30. The van der Waals surface area contributed by atoms with Gasteiger partial charge in [0, 0.05) is 57.8 Å². The molecule has 2 aromatic carbocycles. The fourth-order valence-corrected chi connectivity index (χ4v) is 7.25. The highest BCUT2D eigenvalue weighted by Crippen LogP contribution is 2.61. The molecule has 4 heterocycles. The molecule has 0 aliphatic carbocycles. The van der Waals surface area contributed by atoms with E-state index in [1.165, 1.54) is 18.3 Å². The molecule has 33 heavy (non-hydrogen) atoms. The van der Waals surface area contributed by atoms with Crippen molar-refractivity contribution in [3.05, 3.63) is 94.5 Å². The Hall–Kier alpha value is -2.74. The van der Waals surface area contributed by atoms with Gasteiger partial charge in [-0.2, -0.15) is 0 Å². The third-order valence-corrected chi connectivity index (χ3v) is 8.36. The smallest absolute Gasteiger partial charge is 0.250 e. The molecule has 2 fully saturated rings. The lowest BCUT2D eigenvalue weighted by molar-refractivity contribution is -0.127. The van der Waals surface area contributed by atoms with Crippen LogP contribution in [0, 0.1) is 11.7 Å². The van der Waals surface area contributed by atoms with Crippen LogP contribution >= 0.6 is 23.4 Å². The SMILES string of the molecule is O=C(c1cccnc1)C1C(c2ccc(Cl)cc2)C2CSCN2C12C(=O)Nc1ccc(F)cc12. The van der Waals surface area contributed by atoms with Crippen LogP contribution in [0.25, 0.3) is 0 Å². The molecular formula is C25H19ClFN3O2S. The van der Waals surface area contributed by atoms with Crippen molar-refractivity contribution >= 4 is 40.7 Å². The molecule has 5 nitrogen and oxygen atoms in total. The molecule has 1 N–H and O–H groups in total. The van der Waals surface area contributed by atoms with Crippen LogP contribution < -0.4 is 5.32 Å². The highest BCUT2D eigenvalue weighted by Gasteiger charge is 2.69. The number of benzene rings is 2. The van der Waals surface area contributed by atoms with Gasteiger partial charge >= 0.3 is 0 Å². The first-order valence-electron chi connectivity index (χ1n) is 10.7. The molecule has 166 valence electrons. The van der Waals surface area contributed by atoms with Crippen LogP contribution in [0.3, 0.4) is 0 Å². The summed E-state index contributed by atoms with van der Waals surface area (Å²) in [5.41, 5.74) is 1.15. The summed E-state index contributed by atoms with van der Waals surface area (Å²) in [6.07, 6.45) is 3.15. The molecule has 0 radical (unpaired) electrons. The van der Waals surface area contributed by atoms with Gasteiger partial charge in [0.25, 0.3) is 0 Å². The summed E-state index contributed by atoms with van der Waals surface area (Å²) in [7, 11) is 0. The van der Waals surface area contributed by atoms with E-state index >= 15 is 0 Å². The van der Waals surface area contributed by atoms with E-state index in [2.05, 4.69) is 15.2 Å². The van der Waals surface area contributed by atoms with Crippen molar-refractivity contribution in [2.24, 2.45) is 5.92 Å². The van der Waals surface area contributed by atoms with E-state index in [1.807, 2.05) is 24.3 Å². The van der Waals surface area contributed by atoms with Gasteiger partial charge in [-0.15, -0.1) is 11.8 Å². The largest absolute Gasteiger partial charge is 0.324 e. The number of anilines is 1. The van der Waals surface area contributed by atoms with Crippen LogP contribution in [-0.4, -0.2) is 39.2 Å². The van der Waals surface area contributed by atoms with E-state index in [0.29, 0.717) is 27.7 Å². The molecule has 6 rings (SSSR count). The summed E-state index contributed by atoms with van der Waals surface area (Å²) in [5.74, 6) is -0.569. The van der Waals surface area contributed by atoms with Gasteiger partial charge in [0.2, 0.25) is 5.91 Å². The van der Waals surface area contributed by atoms with Crippen LogP contribution in [-0.2, 0) is 10.3 Å². The summed E-state index contributed by atoms with van der Waals surface area (Å²) in [6, 6.07) is 15.2. The molecule has 1 aromatic heterocycles. The molecule has 3 aliphatic rings. The maximum absolute atomic E-state index is 14.5. The first kappa shape index (κ1) is 20.8. The van der Waals surface area contributed by atoms with Gasteiger partial charge in [0.1, 0.15) is 11.4 Å².